The summed E-state index contributed by atoms with van der Waals surface area (Å²) in [7, 11) is -3.61. The number of sulfonamides is 1. The molecule has 5 nitrogen and oxygen atoms in total. The summed E-state index contributed by atoms with van der Waals surface area (Å²) >= 11 is 3.36. The zero-order valence-electron chi connectivity index (χ0n) is 16.0. The van der Waals surface area contributed by atoms with Gasteiger partial charge < -0.3 is 5.32 Å². The molecule has 2 aromatic carbocycles. The normalized spacial score (nSPS) is 12.5. The maximum absolute atomic E-state index is 12.6. The second kappa shape index (κ2) is 8.89. The zero-order chi connectivity index (χ0) is 20.2. The number of benzene rings is 2. The van der Waals surface area contributed by atoms with E-state index in [0.717, 1.165) is 21.7 Å². The molecule has 2 rings (SSSR count). The quantitative estimate of drug-likeness (QED) is 0.687. The number of nitrogens with zero attached hydrogens (tertiary/aromatic N) is 1. The number of rotatable bonds is 7. The fourth-order valence-corrected chi connectivity index (χ4v) is 4.29. The van der Waals surface area contributed by atoms with E-state index in [9.17, 15) is 13.2 Å². The van der Waals surface area contributed by atoms with Crippen molar-refractivity contribution in [2.75, 3.05) is 17.1 Å². The number of hydrogen-bond donors (Lipinski definition) is 1. The number of carbonyl (C=O) groups excluding carboxylic acids is 1. The summed E-state index contributed by atoms with van der Waals surface area (Å²) in [5, 5.41) is 2.96. The Kier molecular flexibility index (Phi) is 7.06. The van der Waals surface area contributed by atoms with Crippen molar-refractivity contribution in [1.29, 1.82) is 0 Å². The van der Waals surface area contributed by atoms with Gasteiger partial charge in [-0.3, -0.25) is 9.10 Å². The number of hydrogen-bond acceptors (Lipinski definition) is 3. The van der Waals surface area contributed by atoms with Crippen LogP contribution in [0.25, 0.3) is 0 Å². The Hall–Kier alpha value is -1.86. The molecule has 0 aliphatic heterocycles. The lowest BCUT2D eigenvalue weighted by molar-refractivity contribution is -0.120. The molecule has 0 saturated heterocycles. The minimum Gasteiger partial charge on any atom is -0.348 e. The number of para-hydroxylation sites is 1. The molecule has 0 spiro atoms. The predicted octanol–water partition coefficient (Wildman–Crippen LogP) is 4.10. The minimum atomic E-state index is -3.61. The number of nitrogens with one attached hydrogen (secondary N) is 1. The van der Waals surface area contributed by atoms with E-state index in [-0.39, 0.29) is 18.5 Å². The molecule has 1 amide bonds. The molecule has 0 saturated carbocycles. The first-order valence-corrected chi connectivity index (χ1v) is 11.4. The van der Waals surface area contributed by atoms with Crippen molar-refractivity contribution in [3.8, 4) is 0 Å². The SMILES string of the molecule is CCC(NC(=O)CN(c1ccccc1Br)S(C)(=O)=O)c1ccc(C)c(C)c1. The third-order valence-electron chi connectivity index (χ3n) is 4.49. The third kappa shape index (κ3) is 5.56. The monoisotopic (exact) mass is 452 g/mol. The lowest BCUT2D eigenvalue weighted by Gasteiger charge is -2.25. The van der Waals surface area contributed by atoms with E-state index in [2.05, 4.69) is 27.3 Å². The Labute approximate surface area is 170 Å². The Balaban J connectivity index is 2.22. The smallest absolute Gasteiger partial charge is 0.241 e. The number of aryl methyl sites for hydroxylation is 2. The highest BCUT2D eigenvalue weighted by Crippen LogP contribution is 2.27. The average Bonchev–Trinajstić information content (AvgIpc) is 2.60. The van der Waals surface area contributed by atoms with E-state index in [1.54, 1.807) is 24.3 Å². The molecule has 0 aliphatic carbocycles. The van der Waals surface area contributed by atoms with Crippen molar-refractivity contribution >= 4 is 37.5 Å². The van der Waals surface area contributed by atoms with Crippen molar-refractivity contribution in [2.24, 2.45) is 0 Å². The maximum atomic E-state index is 12.6. The molecular weight excluding hydrogens is 428 g/mol. The van der Waals surface area contributed by atoms with E-state index in [1.807, 2.05) is 32.9 Å². The van der Waals surface area contributed by atoms with Crippen LogP contribution in [0.2, 0.25) is 0 Å². The topological polar surface area (TPSA) is 66.5 Å². The van der Waals surface area contributed by atoms with Crippen LogP contribution in [0.15, 0.2) is 46.9 Å². The Bertz CT molecular complexity index is 929. The first kappa shape index (κ1) is 21.4. The molecule has 7 heteroatoms. The van der Waals surface area contributed by atoms with Crippen LogP contribution in [0.3, 0.4) is 0 Å². The van der Waals surface area contributed by atoms with Gasteiger partial charge in [-0.2, -0.15) is 0 Å². The summed E-state index contributed by atoms with van der Waals surface area (Å²) in [4.78, 5) is 12.6. The summed E-state index contributed by atoms with van der Waals surface area (Å²) in [5.41, 5.74) is 3.80. The Morgan fingerprint density at radius 2 is 1.81 bits per heavy atom. The highest BCUT2D eigenvalue weighted by Gasteiger charge is 2.24. The van der Waals surface area contributed by atoms with Gasteiger partial charge >= 0.3 is 0 Å². The molecule has 1 N–H and O–H groups in total. The molecule has 0 aromatic heterocycles. The van der Waals surface area contributed by atoms with Gasteiger partial charge in [0.2, 0.25) is 15.9 Å². The number of anilines is 1. The molecule has 0 aliphatic rings. The van der Waals surface area contributed by atoms with Crippen LogP contribution < -0.4 is 9.62 Å². The van der Waals surface area contributed by atoms with Gasteiger partial charge in [0.1, 0.15) is 6.54 Å². The molecule has 1 atom stereocenters. The van der Waals surface area contributed by atoms with Crippen LogP contribution in [0.5, 0.6) is 0 Å². The molecular formula is C20H25BrN2O3S. The van der Waals surface area contributed by atoms with Gasteiger partial charge in [0.15, 0.2) is 0 Å². The van der Waals surface area contributed by atoms with Gasteiger partial charge in [0.25, 0.3) is 0 Å². The van der Waals surface area contributed by atoms with Crippen LogP contribution in [0, 0.1) is 13.8 Å². The molecule has 0 radical (unpaired) electrons. The Morgan fingerprint density at radius 3 is 2.37 bits per heavy atom. The summed E-state index contributed by atoms with van der Waals surface area (Å²) < 4.78 is 26.2. The average molecular weight is 453 g/mol. The van der Waals surface area contributed by atoms with Crippen molar-refractivity contribution in [3.63, 3.8) is 0 Å². The molecule has 1 unspecified atom stereocenters. The van der Waals surface area contributed by atoms with Crippen LogP contribution in [0.1, 0.15) is 36.1 Å². The maximum Gasteiger partial charge on any atom is 0.241 e. The van der Waals surface area contributed by atoms with Crippen molar-refractivity contribution in [3.05, 3.63) is 63.6 Å². The molecule has 0 bridgehead atoms. The highest BCUT2D eigenvalue weighted by atomic mass is 79.9. The highest BCUT2D eigenvalue weighted by molar-refractivity contribution is 9.10. The summed E-state index contributed by atoms with van der Waals surface area (Å²) in [5.74, 6) is -0.346. The van der Waals surface area contributed by atoms with Crippen LogP contribution >= 0.6 is 15.9 Å². The third-order valence-corrected chi connectivity index (χ3v) is 6.28. The van der Waals surface area contributed by atoms with Crippen LogP contribution in [-0.2, 0) is 14.8 Å². The molecule has 146 valence electrons. The molecule has 0 fully saturated rings. The van der Waals surface area contributed by atoms with E-state index < -0.39 is 10.0 Å². The molecule has 2 aromatic rings. The van der Waals surface area contributed by atoms with Gasteiger partial charge in [0, 0.05) is 4.47 Å². The minimum absolute atomic E-state index is 0.169. The van der Waals surface area contributed by atoms with Gasteiger partial charge in [-0.1, -0.05) is 37.3 Å². The van der Waals surface area contributed by atoms with E-state index in [0.29, 0.717) is 16.6 Å². The van der Waals surface area contributed by atoms with Crippen LogP contribution in [-0.4, -0.2) is 27.1 Å². The second-order valence-electron chi connectivity index (χ2n) is 6.59. The summed E-state index contributed by atoms with van der Waals surface area (Å²) in [6, 6.07) is 12.9. The molecule has 27 heavy (non-hydrogen) atoms. The molecule has 0 heterocycles. The predicted molar refractivity (Wildman–Crippen MR) is 113 cm³/mol. The van der Waals surface area contributed by atoms with Crippen LogP contribution in [0.4, 0.5) is 5.69 Å². The van der Waals surface area contributed by atoms with Crippen molar-refractivity contribution < 1.29 is 13.2 Å². The fourth-order valence-electron chi connectivity index (χ4n) is 2.81. The van der Waals surface area contributed by atoms with E-state index in [4.69, 9.17) is 0 Å². The Morgan fingerprint density at radius 1 is 1.15 bits per heavy atom. The first-order chi connectivity index (χ1) is 12.6. The number of halogens is 1. The standard InChI is InChI=1S/C20H25BrN2O3S/c1-5-18(16-11-10-14(2)15(3)12-16)22-20(24)13-23(27(4,25)26)19-9-7-6-8-17(19)21/h6-12,18H,5,13H2,1-4H3,(H,22,24). The number of carbonyl (C=O) groups is 1. The number of amides is 1. The summed E-state index contributed by atoms with van der Waals surface area (Å²) in [6.07, 6.45) is 1.81. The van der Waals surface area contributed by atoms with Crippen molar-refractivity contribution in [1.82, 2.24) is 5.32 Å². The van der Waals surface area contributed by atoms with E-state index >= 15 is 0 Å². The van der Waals surface area contributed by atoms with Gasteiger partial charge in [-0.15, -0.1) is 0 Å². The zero-order valence-corrected chi connectivity index (χ0v) is 18.4. The van der Waals surface area contributed by atoms with Gasteiger partial charge in [-0.05, 0) is 65.0 Å². The van der Waals surface area contributed by atoms with Gasteiger partial charge in [-0.25, -0.2) is 8.42 Å². The van der Waals surface area contributed by atoms with Gasteiger partial charge in [0.05, 0.1) is 18.0 Å². The summed E-state index contributed by atoms with van der Waals surface area (Å²) in [6.45, 7) is 5.79. The largest absolute Gasteiger partial charge is 0.348 e. The fraction of sp³-hybridized carbons (Fsp3) is 0.350. The van der Waals surface area contributed by atoms with Crippen molar-refractivity contribution in [2.45, 2.75) is 33.2 Å². The second-order valence-corrected chi connectivity index (χ2v) is 9.35. The lowest BCUT2D eigenvalue weighted by atomic mass is 9.99. The van der Waals surface area contributed by atoms with E-state index in [1.165, 1.54) is 5.56 Å². The first-order valence-electron chi connectivity index (χ1n) is 8.72. The lowest BCUT2D eigenvalue weighted by Crippen LogP contribution is -2.41.